The Bertz CT molecular complexity index is 598. The maximum absolute atomic E-state index is 5.67. The fraction of sp³-hybridized carbons (Fsp3) is 0.400. The number of hydrogen-bond donors (Lipinski definition) is 0. The first kappa shape index (κ1) is 14.0. The van der Waals surface area contributed by atoms with Crippen molar-refractivity contribution in [2.45, 2.75) is 25.9 Å². The first-order chi connectivity index (χ1) is 10.9. The molecule has 0 saturated carbocycles. The zero-order valence-corrected chi connectivity index (χ0v) is 13.0. The molecule has 2 heteroatoms. The molecule has 2 aliphatic rings. The van der Waals surface area contributed by atoms with Crippen LogP contribution in [0.5, 0.6) is 0 Å². The van der Waals surface area contributed by atoms with Gasteiger partial charge in [0.2, 0.25) is 0 Å². The molecule has 0 N–H and O–H groups in total. The van der Waals surface area contributed by atoms with E-state index in [9.17, 15) is 0 Å². The maximum Gasteiger partial charge on any atom is 0.0506 e. The van der Waals surface area contributed by atoms with Gasteiger partial charge in [0.05, 0.1) is 6.61 Å². The first-order valence-electron chi connectivity index (χ1n) is 8.36. The van der Waals surface area contributed by atoms with Crippen molar-refractivity contribution in [1.29, 1.82) is 0 Å². The maximum atomic E-state index is 5.67. The largest absolute Gasteiger partial charge is 0.381 e. The molecule has 2 aromatic rings. The molecule has 1 atom stereocenters. The lowest BCUT2D eigenvalue weighted by atomic mass is 9.97. The van der Waals surface area contributed by atoms with E-state index in [1.807, 2.05) is 0 Å². The van der Waals surface area contributed by atoms with Gasteiger partial charge in [-0.1, -0.05) is 48.5 Å². The van der Waals surface area contributed by atoms with Crippen LogP contribution in [0.1, 0.15) is 24.0 Å². The van der Waals surface area contributed by atoms with Crippen LogP contribution in [0.3, 0.4) is 0 Å². The third-order valence-electron chi connectivity index (χ3n) is 4.88. The lowest BCUT2D eigenvalue weighted by Gasteiger charge is -2.29. The number of fused-ring (bicyclic) bond motifs is 3. The Balaban J connectivity index is 1.64. The van der Waals surface area contributed by atoms with Gasteiger partial charge in [0, 0.05) is 26.2 Å². The van der Waals surface area contributed by atoms with Crippen molar-refractivity contribution in [3.05, 3.63) is 59.7 Å². The lowest BCUT2D eigenvalue weighted by molar-refractivity contribution is 0.0361. The van der Waals surface area contributed by atoms with E-state index in [0.29, 0.717) is 5.92 Å². The quantitative estimate of drug-likeness (QED) is 0.826. The summed E-state index contributed by atoms with van der Waals surface area (Å²) < 4.78 is 5.67. The van der Waals surface area contributed by atoms with Gasteiger partial charge in [-0.25, -0.2) is 0 Å². The molecule has 1 saturated heterocycles. The molecule has 22 heavy (non-hydrogen) atoms. The fourth-order valence-corrected chi connectivity index (χ4v) is 3.83. The van der Waals surface area contributed by atoms with E-state index in [2.05, 4.69) is 53.4 Å². The summed E-state index contributed by atoms with van der Waals surface area (Å²) in [5, 5.41) is 0. The average molecular weight is 293 g/mol. The highest BCUT2D eigenvalue weighted by Crippen LogP contribution is 2.33. The fourth-order valence-electron chi connectivity index (χ4n) is 3.83. The van der Waals surface area contributed by atoms with E-state index in [-0.39, 0.29) is 0 Å². The van der Waals surface area contributed by atoms with Gasteiger partial charge >= 0.3 is 0 Å². The van der Waals surface area contributed by atoms with Gasteiger partial charge in [-0.15, -0.1) is 0 Å². The smallest absolute Gasteiger partial charge is 0.0506 e. The van der Waals surface area contributed by atoms with Gasteiger partial charge in [-0.2, -0.15) is 0 Å². The van der Waals surface area contributed by atoms with Crippen LogP contribution in [0.4, 0.5) is 0 Å². The van der Waals surface area contributed by atoms with Crippen LogP contribution < -0.4 is 0 Å². The number of hydrogen-bond acceptors (Lipinski definition) is 2. The Hall–Kier alpha value is -1.64. The average Bonchev–Trinajstić information content (AvgIpc) is 2.72. The van der Waals surface area contributed by atoms with Crippen molar-refractivity contribution >= 4 is 0 Å². The summed E-state index contributed by atoms with van der Waals surface area (Å²) in [6.07, 6.45) is 2.52. The van der Waals surface area contributed by atoms with Gasteiger partial charge < -0.3 is 4.74 Å². The molecule has 2 aliphatic heterocycles. The van der Waals surface area contributed by atoms with E-state index >= 15 is 0 Å². The summed E-state index contributed by atoms with van der Waals surface area (Å²) in [5.41, 5.74) is 5.70. The summed E-state index contributed by atoms with van der Waals surface area (Å²) in [6, 6.07) is 17.7. The Labute approximate surface area is 132 Å². The highest BCUT2D eigenvalue weighted by Gasteiger charge is 2.22. The van der Waals surface area contributed by atoms with Crippen molar-refractivity contribution in [2.24, 2.45) is 5.92 Å². The lowest BCUT2D eigenvalue weighted by Crippen LogP contribution is -2.32. The molecule has 0 aliphatic carbocycles. The third-order valence-corrected chi connectivity index (χ3v) is 4.88. The van der Waals surface area contributed by atoms with Crippen LogP contribution in [0.2, 0.25) is 0 Å². The second-order valence-electron chi connectivity index (χ2n) is 6.57. The Morgan fingerprint density at radius 2 is 1.55 bits per heavy atom. The minimum Gasteiger partial charge on any atom is -0.381 e. The number of ether oxygens (including phenoxy) is 1. The molecular formula is C20H23NO. The number of benzene rings is 2. The predicted octanol–water partition coefficient (Wildman–Crippen LogP) is 4.10. The van der Waals surface area contributed by atoms with E-state index in [1.54, 1.807) is 0 Å². The summed E-state index contributed by atoms with van der Waals surface area (Å²) in [7, 11) is 0. The zero-order chi connectivity index (χ0) is 14.8. The van der Waals surface area contributed by atoms with Crippen LogP contribution in [0.15, 0.2) is 48.5 Å². The molecular weight excluding hydrogens is 270 g/mol. The Kier molecular flexibility index (Phi) is 3.96. The first-order valence-corrected chi connectivity index (χ1v) is 8.36. The Morgan fingerprint density at radius 1 is 0.909 bits per heavy atom. The zero-order valence-electron chi connectivity index (χ0n) is 13.0. The molecule has 2 aromatic carbocycles. The van der Waals surface area contributed by atoms with Gasteiger partial charge in [0.15, 0.2) is 0 Å². The second-order valence-corrected chi connectivity index (χ2v) is 6.57. The third kappa shape index (κ3) is 2.81. The molecule has 1 fully saturated rings. The minimum atomic E-state index is 0.686. The normalized spacial score (nSPS) is 21.7. The van der Waals surface area contributed by atoms with Crippen molar-refractivity contribution < 1.29 is 4.74 Å². The summed E-state index contributed by atoms with van der Waals surface area (Å²) in [4.78, 5) is 2.60. The van der Waals surface area contributed by atoms with Gasteiger partial charge in [0.25, 0.3) is 0 Å². The molecule has 1 unspecified atom stereocenters. The highest BCUT2D eigenvalue weighted by atomic mass is 16.5. The van der Waals surface area contributed by atoms with Crippen LogP contribution in [0, 0.1) is 5.92 Å². The monoisotopic (exact) mass is 293 g/mol. The van der Waals surface area contributed by atoms with Crippen molar-refractivity contribution in [3.8, 4) is 11.1 Å². The van der Waals surface area contributed by atoms with E-state index < -0.39 is 0 Å². The van der Waals surface area contributed by atoms with E-state index in [4.69, 9.17) is 4.74 Å². The number of rotatable bonds is 2. The van der Waals surface area contributed by atoms with Gasteiger partial charge in [0.1, 0.15) is 0 Å². The van der Waals surface area contributed by atoms with Crippen molar-refractivity contribution in [1.82, 2.24) is 4.90 Å². The summed E-state index contributed by atoms with van der Waals surface area (Å²) in [5.74, 6) is 0.686. The second kappa shape index (κ2) is 6.23. The van der Waals surface area contributed by atoms with Crippen molar-refractivity contribution in [3.63, 3.8) is 0 Å². The van der Waals surface area contributed by atoms with Gasteiger partial charge in [-0.3, -0.25) is 4.90 Å². The molecule has 0 spiro atoms. The minimum absolute atomic E-state index is 0.686. The Morgan fingerprint density at radius 3 is 2.14 bits per heavy atom. The van der Waals surface area contributed by atoms with Crippen LogP contribution in [-0.4, -0.2) is 24.7 Å². The van der Waals surface area contributed by atoms with E-state index in [1.165, 1.54) is 35.1 Å². The van der Waals surface area contributed by atoms with Crippen LogP contribution in [-0.2, 0) is 17.8 Å². The topological polar surface area (TPSA) is 12.5 Å². The standard InChI is InChI=1S/C20H23NO/c1-3-9-19-17(7-1)13-21(12-16-6-5-11-22-15-16)14-18-8-2-4-10-20(18)19/h1-4,7-10,16H,5-6,11-15H2. The molecule has 114 valence electrons. The summed E-state index contributed by atoms with van der Waals surface area (Å²) in [6.45, 7) is 5.10. The molecule has 0 radical (unpaired) electrons. The molecule has 0 amide bonds. The molecule has 0 aromatic heterocycles. The molecule has 0 bridgehead atoms. The van der Waals surface area contributed by atoms with Gasteiger partial charge in [-0.05, 0) is 41.0 Å². The van der Waals surface area contributed by atoms with Crippen LogP contribution >= 0.6 is 0 Å². The van der Waals surface area contributed by atoms with E-state index in [0.717, 1.165) is 32.8 Å². The predicted molar refractivity (Wildman–Crippen MR) is 89.5 cm³/mol. The van der Waals surface area contributed by atoms with Crippen molar-refractivity contribution in [2.75, 3.05) is 19.8 Å². The SMILES string of the molecule is c1ccc2c(c1)CN(CC1CCCOC1)Cc1ccccc1-2. The van der Waals surface area contributed by atoms with Crippen LogP contribution in [0.25, 0.3) is 11.1 Å². The molecule has 2 heterocycles. The number of nitrogens with zero attached hydrogens (tertiary/aromatic N) is 1. The summed E-state index contributed by atoms with van der Waals surface area (Å²) >= 11 is 0. The molecule has 2 nitrogen and oxygen atoms in total. The molecule has 4 rings (SSSR count). The highest BCUT2D eigenvalue weighted by molar-refractivity contribution is 5.71.